The number of ether oxygens (including phenoxy) is 1. The van der Waals surface area contributed by atoms with Crippen LogP contribution in [0.15, 0.2) is 65.1 Å². The van der Waals surface area contributed by atoms with Gasteiger partial charge in [-0.25, -0.2) is 4.79 Å². The number of carbonyl (C=O) groups is 2. The van der Waals surface area contributed by atoms with Crippen molar-refractivity contribution in [3.05, 3.63) is 77.7 Å². The van der Waals surface area contributed by atoms with E-state index in [-0.39, 0.29) is 17.7 Å². The van der Waals surface area contributed by atoms with Crippen molar-refractivity contribution < 1.29 is 18.7 Å². The zero-order valence-corrected chi connectivity index (χ0v) is 15.6. The predicted octanol–water partition coefficient (Wildman–Crippen LogP) is 4.63. The number of nitrogens with one attached hydrogen (secondary N) is 3. The maximum atomic E-state index is 12.4. The highest BCUT2D eigenvalue weighted by Crippen LogP contribution is 2.22. The molecule has 3 aromatic rings. The van der Waals surface area contributed by atoms with Crippen molar-refractivity contribution in [2.45, 2.75) is 13.5 Å². The third kappa shape index (κ3) is 4.99. The zero-order valence-electron chi connectivity index (χ0n) is 15.6. The van der Waals surface area contributed by atoms with Crippen LogP contribution in [0.5, 0.6) is 0 Å². The van der Waals surface area contributed by atoms with Gasteiger partial charge in [0.25, 0.3) is 5.91 Å². The number of urea groups is 1. The maximum Gasteiger partial charge on any atom is 0.323 e. The average Bonchev–Trinajstić information content (AvgIpc) is 3.14. The second-order valence-electron chi connectivity index (χ2n) is 6.13. The maximum absolute atomic E-state index is 12.4. The Bertz CT molecular complexity index is 967. The largest absolute Gasteiger partial charge is 0.453 e. The minimum atomic E-state index is -0.378. The fourth-order valence-corrected chi connectivity index (χ4v) is 2.55. The molecule has 0 saturated carbocycles. The van der Waals surface area contributed by atoms with Crippen molar-refractivity contribution in [3.63, 3.8) is 0 Å². The lowest BCUT2D eigenvalue weighted by Crippen LogP contribution is -2.19. The zero-order chi connectivity index (χ0) is 19.9. The van der Waals surface area contributed by atoms with Crippen molar-refractivity contribution in [2.75, 3.05) is 23.1 Å². The molecule has 7 nitrogen and oxygen atoms in total. The number of rotatable bonds is 6. The topological polar surface area (TPSA) is 92.6 Å². The number of anilines is 3. The lowest BCUT2D eigenvalue weighted by Gasteiger charge is -2.12. The average molecular weight is 379 g/mol. The minimum Gasteiger partial charge on any atom is -0.453 e. The van der Waals surface area contributed by atoms with Gasteiger partial charge in [0.15, 0.2) is 5.76 Å². The van der Waals surface area contributed by atoms with Crippen LogP contribution in [-0.2, 0) is 11.3 Å². The van der Waals surface area contributed by atoms with E-state index in [1.165, 1.54) is 0 Å². The predicted molar refractivity (Wildman–Crippen MR) is 108 cm³/mol. The summed E-state index contributed by atoms with van der Waals surface area (Å²) in [6.07, 6.45) is 0. The van der Waals surface area contributed by atoms with E-state index in [1.54, 1.807) is 43.5 Å². The van der Waals surface area contributed by atoms with Gasteiger partial charge in [-0.15, -0.1) is 0 Å². The molecule has 0 aliphatic rings. The summed E-state index contributed by atoms with van der Waals surface area (Å²) < 4.78 is 10.4. The van der Waals surface area contributed by atoms with E-state index in [9.17, 15) is 9.59 Å². The van der Waals surface area contributed by atoms with Gasteiger partial charge in [-0.3, -0.25) is 4.79 Å². The Morgan fingerprint density at radius 2 is 1.68 bits per heavy atom. The Balaban J connectivity index is 1.66. The van der Waals surface area contributed by atoms with Crippen molar-refractivity contribution in [3.8, 4) is 0 Å². The van der Waals surface area contributed by atoms with Crippen LogP contribution in [0.1, 0.15) is 21.9 Å². The van der Waals surface area contributed by atoms with Gasteiger partial charge in [0.2, 0.25) is 0 Å². The lowest BCUT2D eigenvalue weighted by molar-refractivity contribution is 0.0987. The minimum absolute atomic E-state index is 0.187. The molecule has 28 heavy (non-hydrogen) atoms. The first kappa shape index (κ1) is 19.2. The molecule has 2 aromatic carbocycles. The second-order valence-corrected chi connectivity index (χ2v) is 6.13. The molecule has 0 radical (unpaired) electrons. The monoisotopic (exact) mass is 379 g/mol. The highest BCUT2D eigenvalue weighted by atomic mass is 16.5. The summed E-state index contributed by atoms with van der Waals surface area (Å²) in [6, 6.07) is 17.3. The highest BCUT2D eigenvalue weighted by molar-refractivity contribution is 6.04. The molecule has 1 aromatic heterocycles. The fourth-order valence-electron chi connectivity index (χ4n) is 2.55. The highest BCUT2D eigenvalue weighted by Gasteiger charge is 2.13. The van der Waals surface area contributed by atoms with Gasteiger partial charge in [-0.1, -0.05) is 24.3 Å². The van der Waals surface area contributed by atoms with Crippen molar-refractivity contribution >= 4 is 29.0 Å². The van der Waals surface area contributed by atoms with Crippen LogP contribution in [0, 0.1) is 6.92 Å². The fraction of sp³-hybridized carbons (Fsp3) is 0.143. The van der Waals surface area contributed by atoms with E-state index < -0.39 is 0 Å². The first-order valence-corrected chi connectivity index (χ1v) is 8.68. The van der Waals surface area contributed by atoms with Crippen molar-refractivity contribution in [1.29, 1.82) is 0 Å². The van der Waals surface area contributed by atoms with Crippen LogP contribution in [-0.4, -0.2) is 19.0 Å². The smallest absolute Gasteiger partial charge is 0.323 e. The molecule has 0 bridgehead atoms. The van der Waals surface area contributed by atoms with Gasteiger partial charge >= 0.3 is 6.03 Å². The number of benzene rings is 2. The number of carbonyl (C=O) groups excluding carboxylic acids is 2. The summed E-state index contributed by atoms with van der Waals surface area (Å²) in [4.78, 5) is 24.6. The number of aryl methyl sites for hydroxylation is 1. The normalized spacial score (nSPS) is 10.4. The number of methoxy groups -OCH3 is 1. The molecule has 0 unspecified atom stereocenters. The summed E-state index contributed by atoms with van der Waals surface area (Å²) in [5.74, 6) is 0.375. The Kier molecular flexibility index (Phi) is 6.08. The van der Waals surface area contributed by atoms with E-state index in [1.807, 2.05) is 31.2 Å². The number of para-hydroxylation sites is 1. The van der Waals surface area contributed by atoms with Crippen LogP contribution < -0.4 is 16.0 Å². The summed E-state index contributed by atoms with van der Waals surface area (Å²) >= 11 is 0. The van der Waals surface area contributed by atoms with Gasteiger partial charge in [0.05, 0.1) is 0 Å². The molecule has 0 aliphatic carbocycles. The third-order valence-electron chi connectivity index (χ3n) is 3.95. The SMILES string of the molecule is COCc1ccc(C(=O)Nc2cc(NC(=O)Nc3ccccc3)ccc2C)o1. The number of hydrogen-bond acceptors (Lipinski definition) is 4. The molecule has 0 fully saturated rings. The summed E-state index contributed by atoms with van der Waals surface area (Å²) in [6.45, 7) is 2.16. The molecule has 3 rings (SSSR count). The number of hydrogen-bond donors (Lipinski definition) is 3. The standard InChI is InChI=1S/C21H21N3O4/c1-14-8-9-16(23-21(26)22-15-6-4-3-5-7-15)12-18(14)24-20(25)19-11-10-17(28-19)13-27-2/h3-12H,13H2,1-2H3,(H,24,25)(H2,22,23,26). The van der Waals surface area contributed by atoms with Gasteiger partial charge in [0, 0.05) is 24.2 Å². The van der Waals surface area contributed by atoms with E-state index in [0.29, 0.717) is 29.4 Å². The Morgan fingerprint density at radius 1 is 0.929 bits per heavy atom. The van der Waals surface area contributed by atoms with E-state index in [4.69, 9.17) is 9.15 Å². The molecular formula is C21H21N3O4. The van der Waals surface area contributed by atoms with E-state index >= 15 is 0 Å². The van der Waals surface area contributed by atoms with E-state index in [0.717, 1.165) is 5.56 Å². The molecule has 3 amide bonds. The number of furan rings is 1. The van der Waals surface area contributed by atoms with E-state index in [2.05, 4.69) is 16.0 Å². The van der Waals surface area contributed by atoms with Crippen LogP contribution in [0.25, 0.3) is 0 Å². The molecule has 7 heteroatoms. The molecule has 1 heterocycles. The van der Waals surface area contributed by atoms with Gasteiger partial charge in [-0.05, 0) is 48.9 Å². The van der Waals surface area contributed by atoms with Crippen LogP contribution in [0.4, 0.5) is 21.9 Å². The summed E-state index contributed by atoms with van der Waals surface area (Å²) in [5, 5.41) is 8.29. The van der Waals surface area contributed by atoms with Gasteiger partial charge in [-0.2, -0.15) is 0 Å². The molecule has 0 spiro atoms. The Labute approximate surface area is 162 Å². The molecule has 0 atom stereocenters. The molecule has 0 aliphatic heterocycles. The van der Waals surface area contributed by atoms with Crippen molar-refractivity contribution in [2.24, 2.45) is 0 Å². The van der Waals surface area contributed by atoms with Crippen LogP contribution in [0.3, 0.4) is 0 Å². The first-order chi connectivity index (χ1) is 13.5. The molecule has 0 saturated heterocycles. The summed E-state index contributed by atoms with van der Waals surface area (Å²) in [5.41, 5.74) is 2.66. The first-order valence-electron chi connectivity index (χ1n) is 8.68. The Hall–Kier alpha value is -3.58. The second kappa shape index (κ2) is 8.88. The molecule has 3 N–H and O–H groups in total. The molecular weight excluding hydrogens is 358 g/mol. The number of amides is 3. The Morgan fingerprint density at radius 3 is 2.43 bits per heavy atom. The molecule has 144 valence electrons. The summed E-state index contributed by atoms with van der Waals surface area (Å²) in [7, 11) is 1.55. The van der Waals surface area contributed by atoms with Crippen LogP contribution in [0.2, 0.25) is 0 Å². The van der Waals surface area contributed by atoms with Gasteiger partial charge < -0.3 is 25.1 Å². The lowest BCUT2D eigenvalue weighted by atomic mass is 10.1. The van der Waals surface area contributed by atoms with Gasteiger partial charge in [0.1, 0.15) is 12.4 Å². The third-order valence-corrected chi connectivity index (χ3v) is 3.95. The van der Waals surface area contributed by atoms with Crippen LogP contribution >= 0.6 is 0 Å². The van der Waals surface area contributed by atoms with Crippen molar-refractivity contribution in [1.82, 2.24) is 0 Å². The quantitative estimate of drug-likeness (QED) is 0.582.